The summed E-state index contributed by atoms with van der Waals surface area (Å²) < 4.78 is 0. The number of likely N-dealkylation sites (N-methyl/N-ethyl adjacent to an activating group) is 1. The average Bonchev–Trinajstić information content (AvgIpc) is 2.35. The van der Waals surface area contributed by atoms with Gasteiger partial charge in [-0.05, 0) is 20.0 Å². The third kappa shape index (κ3) is 0.775. The fourth-order valence-electron chi connectivity index (χ4n) is 2.22. The number of fused-ring (bicyclic) bond motifs is 1. The summed E-state index contributed by atoms with van der Waals surface area (Å²) in [5, 5.41) is 2.45. The van der Waals surface area contributed by atoms with Crippen LogP contribution in [-0.4, -0.2) is 37.6 Å². The van der Waals surface area contributed by atoms with Crippen molar-refractivity contribution in [2.24, 2.45) is 5.92 Å². The van der Waals surface area contributed by atoms with Gasteiger partial charge in [0.15, 0.2) is 0 Å². The highest BCUT2D eigenvalue weighted by Gasteiger charge is 2.38. The lowest BCUT2D eigenvalue weighted by Gasteiger charge is -2.13. The van der Waals surface area contributed by atoms with Gasteiger partial charge in [0.1, 0.15) is 0 Å². The van der Waals surface area contributed by atoms with Crippen LogP contribution in [0.5, 0.6) is 0 Å². The number of quaternary nitrogens is 1. The van der Waals surface area contributed by atoms with E-state index in [-0.39, 0.29) is 0 Å². The molecule has 2 aliphatic heterocycles. The maximum absolute atomic E-state index is 2.51. The molecule has 2 aliphatic rings. The minimum absolute atomic E-state index is 0.921. The first-order chi connectivity index (χ1) is 4.38. The topological polar surface area (TPSA) is 19.9 Å². The van der Waals surface area contributed by atoms with E-state index in [1.807, 2.05) is 0 Å². The molecule has 2 fully saturated rings. The van der Waals surface area contributed by atoms with Gasteiger partial charge in [-0.2, -0.15) is 0 Å². The van der Waals surface area contributed by atoms with E-state index in [9.17, 15) is 0 Å². The van der Waals surface area contributed by atoms with Gasteiger partial charge in [0.05, 0.1) is 19.1 Å². The fourth-order valence-corrected chi connectivity index (χ4v) is 2.22. The molecule has 0 spiro atoms. The van der Waals surface area contributed by atoms with E-state index in [0.717, 1.165) is 12.0 Å². The summed E-state index contributed by atoms with van der Waals surface area (Å²) in [6.07, 6.45) is 1.44. The molecule has 0 amide bonds. The van der Waals surface area contributed by atoms with Gasteiger partial charge in [-0.15, -0.1) is 0 Å². The van der Waals surface area contributed by atoms with E-state index in [4.69, 9.17) is 0 Å². The normalized spacial score (nSPS) is 43.7. The SMILES string of the molecule is CN1CC[C@@H]2C[NH2+]C[C@@H]21. The first kappa shape index (κ1) is 5.69. The molecule has 2 atom stereocenters. The van der Waals surface area contributed by atoms with Crippen molar-refractivity contribution in [1.29, 1.82) is 0 Å². The van der Waals surface area contributed by atoms with Crippen LogP contribution in [0.1, 0.15) is 6.42 Å². The largest absolute Gasteiger partial charge is 0.345 e. The van der Waals surface area contributed by atoms with Crippen molar-refractivity contribution >= 4 is 0 Å². The third-order valence-corrected chi connectivity index (χ3v) is 2.84. The van der Waals surface area contributed by atoms with Crippen LogP contribution in [-0.2, 0) is 0 Å². The summed E-state index contributed by atoms with van der Waals surface area (Å²) >= 11 is 0. The molecule has 0 aromatic rings. The van der Waals surface area contributed by atoms with Gasteiger partial charge in [0, 0.05) is 5.92 Å². The van der Waals surface area contributed by atoms with Gasteiger partial charge in [0.2, 0.25) is 0 Å². The molecule has 2 heteroatoms. The quantitative estimate of drug-likeness (QED) is 0.437. The van der Waals surface area contributed by atoms with Gasteiger partial charge in [-0.3, -0.25) is 4.90 Å². The van der Waals surface area contributed by atoms with Gasteiger partial charge in [-0.1, -0.05) is 0 Å². The molecular formula is C7H15N2+. The molecule has 2 heterocycles. The molecule has 0 bridgehead atoms. The first-order valence-electron chi connectivity index (χ1n) is 3.90. The average molecular weight is 127 g/mol. The predicted molar refractivity (Wildman–Crippen MR) is 36.2 cm³/mol. The van der Waals surface area contributed by atoms with Gasteiger partial charge in [-0.25, -0.2) is 0 Å². The monoisotopic (exact) mass is 127 g/mol. The van der Waals surface area contributed by atoms with Crippen LogP contribution in [0.25, 0.3) is 0 Å². The summed E-state index contributed by atoms with van der Waals surface area (Å²) in [4.78, 5) is 2.51. The Morgan fingerprint density at radius 3 is 3.11 bits per heavy atom. The molecule has 52 valence electrons. The molecule has 0 aromatic heterocycles. The Hall–Kier alpha value is -0.0800. The van der Waals surface area contributed by atoms with Crippen molar-refractivity contribution in [2.45, 2.75) is 12.5 Å². The Morgan fingerprint density at radius 1 is 1.44 bits per heavy atom. The predicted octanol–water partition coefficient (Wildman–Crippen LogP) is -1.12. The molecule has 0 unspecified atom stereocenters. The number of likely N-dealkylation sites (tertiary alicyclic amines) is 1. The Morgan fingerprint density at radius 2 is 2.33 bits per heavy atom. The van der Waals surface area contributed by atoms with E-state index in [1.165, 1.54) is 26.1 Å². The van der Waals surface area contributed by atoms with E-state index in [2.05, 4.69) is 17.3 Å². The molecule has 2 nitrogen and oxygen atoms in total. The van der Waals surface area contributed by atoms with E-state index in [0.29, 0.717) is 0 Å². The zero-order valence-electron chi connectivity index (χ0n) is 6.01. The van der Waals surface area contributed by atoms with Crippen LogP contribution in [0, 0.1) is 5.92 Å². The lowest BCUT2D eigenvalue weighted by molar-refractivity contribution is -0.640. The zero-order chi connectivity index (χ0) is 6.27. The second-order valence-corrected chi connectivity index (χ2v) is 3.36. The highest BCUT2D eigenvalue weighted by Crippen LogP contribution is 2.22. The lowest BCUT2D eigenvalue weighted by Crippen LogP contribution is -2.82. The summed E-state index contributed by atoms with van der Waals surface area (Å²) in [6, 6.07) is 0.921. The second kappa shape index (κ2) is 1.96. The molecule has 0 saturated carbocycles. The maximum Gasteiger partial charge on any atom is 0.0918 e. The molecule has 0 aromatic carbocycles. The second-order valence-electron chi connectivity index (χ2n) is 3.36. The van der Waals surface area contributed by atoms with Crippen LogP contribution in [0.4, 0.5) is 0 Å². The third-order valence-electron chi connectivity index (χ3n) is 2.84. The van der Waals surface area contributed by atoms with E-state index >= 15 is 0 Å². The molecule has 9 heavy (non-hydrogen) atoms. The highest BCUT2D eigenvalue weighted by molar-refractivity contribution is 4.86. The van der Waals surface area contributed by atoms with Crippen molar-refractivity contribution in [3.05, 3.63) is 0 Å². The first-order valence-corrected chi connectivity index (χ1v) is 3.90. The van der Waals surface area contributed by atoms with Crippen molar-refractivity contribution in [3.63, 3.8) is 0 Å². The Kier molecular flexibility index (Phi) is 1.24. The van der Waals surface area contributed by atoms with Crippen molar-refractivity contribution in [2.75, 3.05) is 26.7 Å². The molecule has 2 saturated heterocycles. The van der Waals surface area contributed by atoms with Crippen LogP contribution in [0.2, 0.25) is 0 Å². The van der Waals surface area contributed by atoms with Crippen LogP contribution in [0.15, 0.2) is 0 Å². The minimum atomic E-state index is 0.921. The number of rotatable bonds is 0. The molecule has 0 aliphatic carbocycles. The summed E-state index contributed by atoms with van der Waals surface area (Å²) in [6.45, 7) is 4.07. The Bertz CT molecular complexity index is 113. The summed E-state index contributed by atoms with van der Waals surface area (Å²) in [5.41, 5.74) is 0. The van der Waals surface area contributed by atoms with Gasteiger partial charge < -0.3 is 5.32 Å². The fraction of sp³-hybridized carbons (Fsp3) is 1.00. The lowest BCUT2D eigenvalue weighted by atomic mass is 10.1. The number of hydrogen-bond acceptors (Lipinski definition) is 1. The van der Waals surface area contributed by atoms with Crippen molar-refractivity contribution < 1.29 is 5.32 Å². The Balaban J connectivity index is 2.07. The number of hydrogen-bond donors (Lipinski definition) is 1. The maximum atomic E-state index is 2.51. The molecule has 0 radical (unpaired) electrons. The van der Waals surface area contributed by atoms with Crippen LogP contribution < -0.4 is 5.32 Å². The van der Waals surface area contributed by atoms with E-state index in [1.54, 1.807) is 0 Å². The van der Waals surface area contributed by atoms with Crippen molar-refractivity contribution in [3.8, 4) is 0 Å². The minimum Gasteiger partial charge on any atom is -0.345 e. The van der Waals surface area contributed by atoms with E-state index < -0.39 is 0 Å². The molecule has 2 N–H and O–H groups in total. The summed E-state index contributed by atoms with van der Waals surface area (Å²) in [5.74, 6) is 1.02. The van der Waals surface area contributed by atoms with Crippen LogP contribution >= 0.6 is 0 Å². The molecular weight excluding hydrogens is 112 g/mol. The number of nitrogens with two attached hydrogens (primary N) is 1. The number of nitrogens with zero attached hydrogens (tertiary/aromatic N) is 1. The van der Waals surface area contributed by atoms with Gasteiger partial charge in [0.25, 0.3) is 0 Å². The highest BCUT2D eigenvalue weighted by atomic mass is 15.2. The van der Waals surface area contributed by atoms with Crippen molar-refractivity contribution in [1.82, 2.24) is 4.90 Å². The standard InChI is InChI=1S/C7H14N2/c1-9-3-2-6-4-8-5-7(6)9/h6-8H,2-5H2,1H3/p+1/t6-,7+/m1/s1. The smallest absolute Gasteiger partial charge is 0.0918 e. The van der Waals surface area contributed by atoms with Gasteiger partial charge >= 0.3 is 0 Å². The van der Waals surface area contributed by atoms with Crippen LogP contribution in [0.3, 0.4) is 0 Å². The Labute approximate surface area is 56.2 Å². The summed E-state index contributed by atoms with van der Waals surface area (Å²) in [7, 11) is 2.25. The zero-order valence-corrected chi connectivity index (χ0v) is 6.01. The molecule has 2 rings (SSSR count).